The summed E-state index contributed by atoms with van der Waals surface area (Å²) in [5.74, 6) is 0. The predicted octanol–water partition coefficient (Wildman–Crippen LogP) is 0.180. The summed E-state index contributed by atoms with van der Waals surface area (Å²) in [6, 6.07) is 0. The number of amides is 1. The molecule has 0 aromatic carbocycles. The second kappa shape index (κ2) is 3.23. The van der Waals surface area contributed by atoms with Gasteiger partial charge < -0.3 is 4.74 Å². The summed E-state index contributed by atoms with van der Waals surface area (Å²) in [5.41, 5.74) is 0. The molecular formula is C3H6NO4. The fourth-order valence-corrected chi connectivity index (χ4v) is 0.179. The van der Waals surface area contributed by atoms with E-state index >= 15 is 0 Å². The molecule has 0 spiro atoms. The average molecular weight is 120 g/mol. The maximum atomic E-state index is 9.88. The summed E-state index contributed by atoms with van der Waals surface area (Å²) < 4.78 is 4.03. The first-order valence-corrected chi connectivity index (χ1v) is 2.01. The Kier molecular flexibility index (Phi) is 2.90. The highest BCUT2D eigenvalue weighted by Gasteiger charge is 2.07. The summed E-state index contributed by atoms with van der Waals surface area (Å²) in [6.45, 7) is 1.61. The minimum absolute atomic E-state index is 0.0815. The maximum Gasteiger partial charge on any atom is 0.462 e. The number of hydrogen-bond donors (Lipinski definition) is 1. The van der Waals surface area contributed by atoms with E-state index < -0.39 is 11.3 Å². The summed E-state index contributed by atoms with van der Waals surface area (Å²) in [7, 11) is 0. The quantitative estimate of drug-likeness (QED) is 0.396. The number of hydroxylamine groups is 2. The second-order valence-electron chi connectivity index (χ2n) is 0.972. The molecular weight excluding hydrogens is 114 g/mol. The lowest BCUT2D eigenvalue weighted by molar-refractivity contribution is -0.313. The van der Waals surface area contributed by atoms with Crippen LogP contribution in [0.2, 0.25) is 0 Å². The Morgan fingerprint density at radius 2 is 2.38 bits per heavy atom. The largest absolute Gasteiger partial charge is 0.462 e. The van der Waals surface area contributed by atoms with Crippen molar-refractivity contribution in [2.45, 2.75) is 6.92 Å². The zero-order valence-electron chi connectivity index (χ0n) is 4.33. The predicted molar refractivity (Wildman–Crippen MR) is 21.3 cm³/mol. The fraction of sp³-hybridized carbons (Fsp3) is 0.667. The fourth-order valence-electron chi connectivity index (χ4n) is 0.179. The van der Waals surface area contributed by atoms with Crippen LogP contribution in [0.15, 0.2) is 0 Å². The van der Waals surface area contributed by atoms with Gasteiger partial charge in [0.05, 0.1) is 6.61 Å². The van der Waals surface area contributed by atoms with Gasteiger partial charge in [0.25, 0.3) is 0 Å². The molecule has 8 heavy (non-hydrogen) atoms. The van der Waals surface area contributed by atoms with Crippen LogP contribution in [0.25, 0.3) is 0 Å². The molecule has 0 atom stereocenters. The Bertz CT molecular complexity index is 81.4. The number of carbonyl (C=O) groups is 1. The van der Waals surface area contributed by atoms with Crippen molar-refractivity contribution in [1.29, 1.82) is 0 Å². The normalized spacial score (nSPS) is 8.38. The molecule has 0 saturated carbocycles. The Morgan fingerprint density at radius 3 is 2.50 bits per heavy atom. The molecule has 0 aromatic rings. The van der Waals surface area contributed by atoms with E-state index in [0.29, 0.717) is 0 Å². The van der Waals surface area contributed by atoms with Crippen LogP contribution in [0.4, 0.5) is 4.79 Å². The number of carbonyl (C=O) groups excluding carboxylic acids is 1. The maximum absolute atomic E-state index is 9.88. The van der Waals surface area contributed by atoms with Gasteiger partial charge in [-0.05, 0) is 12.2 Å². The summed E-state index contributed by atoms with van der Waals surface area (Å²) in [5, 5.41) is 16.4. The lowest BCUT2D eigenvalue weighted by Crippen LogP contribution is -2.22. The molecule has 0 aromatic heterocycles. The van der Waals surface area contributed by atoms with Crippen LogP contribution in [0.3, 0.4) is 0 Å². The molecule has 0 heterocycles. The highest BCUT2D eigenvalue weighted by molar-refractivity contribution is 5.64. The van der Waals surface area contributed by atoms with Gasteiger partial charge in [-0.15, -0.1) is 0 Å². The molecule has 1 N–H and O–H groups in total. The summed E-state index contributed by atoms with van der Waals surface area (Å²) >= 11 is 0. The molecule has 5 nitrogen and oxygen atoms in total. The van der Waals surface area contributed by atoms with Crippen molar-refractivity contribution in [2.75, 3.05) is 6.61 Å². The van der Waals surface area contributed by atoms with Gasteiger partial charge in [-0.25, -0.2) is 4.79 Å². The summed E-state index contributed by atoms with van der Waals surface area (Å²) in [6.07, 6.45) is -1.28. The van der Waals surface area contributed by atoms with Crippen molar-refractivity contribution in [3.05, 3.63) is 0 Å². The average Bonchev–Trinajstić information content (AvgIpc) is 1.67. The van der Waals surface area contributed by atoms with Gasteiger partial charge in [0, 0.05) is 0 Å². The van der Waals surface area contributed by atoms with Crippen LogP contribution in [-0.4, -0.2) is 23.1 Å². The Morgan fingerprint density at radius 1 is 1.88 bits per heavy atom. The van der Waals surface area contributed by atoms with Gasteiger partial charge in [-0.1, -0.05) is 5.21 Å². The third-order valence-corrected chi connectivity index (χ3v) is 0.424. The van der Waals surface area contributed by atoms with Crippen LogP contribution in [0, 0.1) is 0 Å². The van der Waals surface area contributed by atoms with Crippen molar-refractivity contribution >= 4 is 6.09 Å². The molecule has 1 radical (unpaired) electrons. The van der Waals surface area contributed by atoms with E-state index in [0.717, 1.165) is 0 Å². The van der Waals surface area contributed by atoms with Gasteiger partial charge in [-0.3, -0.25) is 5.21 Å². The third-order valence-electron chi connectivity index (χ3n) is 0.424. The molecule has 0 aliphatic carbocycles. The Labute approximate surface area is 46.0 Å². The third kappa shape index (κ3) is 2.38. The monoisotopic (exact) mass is 120 g/mol. The highest BCUT2D eigenvalue weighted by atomic mass is 16.8. The van der Waals surface area contributed by atoms with Crippen molar-refractivity contribution < 1.29 is 19.9 Å². The van der Waals surface area contributed by atoms with E-state index in [1.54, 1.807) is 0 Å². The van der Waals surface area contributed by atoms with Gasteiger partial charge in [0.2, 0.25) is 0 Å². The molecule has 0 saturated heterocycles. The first-order valence-electron chi connectivity index (χ1n) is 2.01. The Hall–Kier alpha value is -0.810. The minimum atomic E-state index is -1.28. The van der Waals surface area contributed by atoms with Crippen molar-refractivity contribution in [1.82, 2.24) is 5.23 Å². The molecule has 47 valence electrons. The van der Waals surface area contributed by atoms with Gasteiger partial charge >= 0.3 is 6.09 Å². The minimum Gasteiger partial charge on any atom is -0.447 e. The van der Waals surface area contributed by atoms with E-state index in [1.165, 1.54) is 6.92 Å². The zero-order valence-corrected chi connectivity index (χ0v) is 4.33. The molecule has 0 unspecified atom stereocenters. The first kappa shape index (κ1) is 7.19. The van der Waals surface area contributed by atoms with Gasteiger partial charge in [0.1, 0.15) is 0 Å². The molecule has 0 fully saturated rings. The molecule has 5 heteroatoms. The molecule has 0 aliphatic rings. The standard InChI is InChI=1S/C3H6NO4/c1-2-8-3(5)4(6)7/h6H,2H2,1H3. The van der Waals surface area contributed by atoms with Crippen LogP contribution >= 0.6 is 0 Å². The zero-order chi connectivity index (χ0) is 6.57. The van der Waals surface area contributed by atoms with Crippen molar-refractivity contribution in [3.63, 3.8) is 0 Å². The second-order valence-corrected chi connectivity index (χ2v) is 0.972. The smallest absolute Gasteiger partial charge is 0.447 e. The van der Waals surface area contributed by atoms with Crippen LogP contribution < -0.4 is 0 Å². The van der Waals surface area contributed by atoms with Gasteiger partial charge in [-0.2, -0.15) is 0 Å². The van der Waals surface area contributed by atoms with E-state index in [2.05, 4.69) is 4.74 Å². The van der Waals surface area contributed by atoms with E-state index in [1.807, 2.05) is 0 Å². The van der Waals surface area contributed by atoms with Crippen LogP contribution in [-0.2, 0) is 9.94 Å². The molecule has 0 aliphatic heterocycles. The topological polar surface area (TPSA) is 69.7 Å². The van der Waals surface area contributed by atoms with E-state index in [4.69, 9.17) is 5.21 Å². The number of ether oxygens (including phenoxy) is 1. The summed E-state index contributed by atoms with van der Waals surface area (Å²) in [4.78, 5) is 9.88. The lowest BCUT2D eigenvalue weighted by Gasteiger charge is -2.00. The van der Waals surface area contributed by atoms with Gasteiger partial charge in [0.15, 0.2) is 0 Å². The number of rotatable bonds is 1. The number of nitrogens with zero attached hydrogens (tertiary/aromatic N) is 1. The lowest BCUT2D eigenvalue weighted by atomic mass is 10.9. The van der Waals surface area contributed by atoms with E-state index in [-0.39, 0.29) is 6.61 Å². The van der Waals surface area contributed by atoms with Crippen molar-refractivity contribution in [2.24, 2.45) is 0 Å². The SMILES string of the molecule is CCOC(=O)N([O])O. The van der Waals surface area contributed by atoms with Crippen molar-refractivity contribution in [3.8, 4) is 0 Å². The van der Waals surface area contributed by atoms with Crippen LogP contribution in [0.1, 0.15) is 6.92 Å². The molecule has 0 bridgehead atoms. The molecule has 0 rings (SSSR count). The highest BCUT2D eigenvalue weighted by Crippen LogP contribution is 1.82. The Balaban J connectivity index is 3.33. The van der Waals surface area contributed by atoms with E-state index in [9.17, 15) is 10.0 Å². The molecule has 1 amide bonds. The first-order chi connectivity index (χ1) is 3.68. The van der Waals surface area contributed by atoms with Crippen LogP contribution in [0.5, 0.6) is 0 Å². The number of hydrogen-bond acceptors (Lipinski definition) is 3.